The molecule has 2 heterocycles. The summed E-state index contributed by atoms with van der Waals surface area (Å²) in [5.74, 6) is 0. The molecule has 2 aliphatic rings. The molecule has 1 atom stereocenters. The molecule has 94 valence electrons. The van der Waals surface area contributed by atoms with Crippen molar-refractivity contribution in [3.8, 4) is 6.07 Å². The molecule has 2 aliphatic heterocycles. The molecular weight excluding hydrogens is 292 g/mol. The molecule has 1 aromatic rings. The topological polar surface area (TPSA) is 36.3 Å². The molecule has 3 nitrogen and oxygen atoms in total. The van der Waals surface area contributed by atoms with Gasteiger partial charge in [-0.05, 0) is 31.0 Å². The molecule has 1 spiro atoms. The number of nitrogens with zero attached hydrogens (tertiary/aromatic N) is 2. The van der Waals surface area contributed by atoms with Crippen molar-refractivity contribution in [2.45, 2.75) is 12.8 Å². The van der Waals surface area contributed by atoms with E-state index in [0.29, 0.717) is 5.41 Å². The highest BCUT2D eigenvalue weighted by Gasteiger charge is 2.41. The van der Waals surface area contributed by atoms with Gasteiger partial charge in [-0.25, -0.2) is 0 Å². The van der Waals surface area contributed by atoms with Gasteiger partial charge in [0.25, 0.3) is 0 Å². The number of anilines is 1. The molecule has 2 saturated heterocycles. The van der Waals surface area contributed by atoms with Crippen molar-refractivity contribution in [3.63, 3.8) is 0 Å². The third-order valence-corrected chi connectivity index (χ3v) is 4.54. The Labute approximate surface area is 115 Å². The molecule has 2 fully saturated rings. The fourth-order valence-corrected chi connectivity index (χ4v) is 3.35. The van der Waals surface area contributed by atoms with Crippen LogP contribution in [0.15, 0.2) is 22.7 Å². The van der Waals surface area contributed by atoms with Gasteiger partial charge in [-0.2, -0.15) is 5.26 Å². The lowest BCUT2D eigenvalue weighted by molar-refractivity contribution is 0.160. The molecule has 0 amide bonds. The lowest BCUT2D eigenvalue weighted by Gasteiger charge is -2.24. The summed E-state index contributed by atoms with van der Waals surface area (Å²) in [6.07, 6.45) is 2.33. The minimum absolute atomic E-state index is 0.333. The second-order valence-electron chi connectivity index (χ2n) is 5.25. The second kappa shape index (κ2) is 4.56. The predicted octanol–water partition coefficient (Wildman–Crippen LogP) is 2.94. The number of hydrogen-bond acceptors (Lipinski definition) is 3. The third-order valence-electron chi connectivity index (χ3n) is 4.04. The maximum Gasteiger partial charge on any atom is 0.101 e. The first-order valence-corrected chi connectivity index (χ1v) is 7.04. The van der Waals surface area contributed by atoms with Crippen molar-refractivity contribution in [1.29, 1.82) is 5.26 Å². The molecule has 0 N–H and O–H groups in total. The predicted molar refractivity (Wildman–Crippen MR) is 73.6 cm³/mol. The van der Waals surface area contributed by atoms with Gasteiger partial charge in [0.1, 0.15) is 6.07 Å². The zero-order chi connectivity index (χ0) is 12.6. The Morgan fingerprint density at radius 3 is 3.00 bits per heavy atom. The molecule has 0 unspecified atom stereocenters. The Balaban J connectivity index is 1.86. The molecule has 0 aliphatic carbocycles. The van der Waals surface area contributed by atoms with Crippen LogP contribution in [-0.2, 0) is 4.74 Å². The first-order valence-electron chi connectivity index (χ1n) is 6.25. The number of nitriles is 1. The monoisotopic (exact) mass is 306 g/mol. The van der Waals surface area contributed by atoms with E-state index in [0.717, 1.165) is 48.4 Å². The zero-order valence-electron chi connectivity index (χ0n) is 10.2. The number of hydrogen-bond donors (Lipinski definition) is 0. The van der Waals surface area contributed by atoms with Gasteiger partial charge in [-0.1, -0.05) is 15.9 Å². The maximum absolute atomic E-state index is 9.24. The van der Waals surface area contributed by atoms with E-state index in [1.54, 1.807) is 0 Å². The molecule has 0 bridgehead atoms. The highest BCUT2D eigenvalue weighted by Crippen LogP contribution is 2.40. The lowest BCUT2D eigenvalue weighted by Crippen LogP contribution is -2.27. The van der Waals surface area contributed by atoms with Crippen LogP contribution in [0.4, 0.5) is 5.69 Å². The van der Waals surface area contributed by atoms with Crippen molar-refractivity contribution in [2.24, 2.45) is 5.41 Å². The summed E-state index contributed by atoms with van der Waals surface area (Å²) in [7, 11) is 0. The zero-order valence-corrected chi connectivity index (χ0v) is 11.7. The summed E-state index contributed by atoms with van der Waals surface area (Å²) in [5.41, 5.74) is 2.14. The first kappa shape index (κ1) is 12.0. The Kier molecular flexibility index (Phi) is 3.04. The van der Waals surface area contributed by atoms with Crippen molar-refractivity contribution in [3.05, 3.63) is 28.2 Å². The van der Waals surface area contributed by atoms with Gasteiger partial charge in [0, 0.05) is 29.6 Å². The fourth-order valence-electron chi connectivity index (χ4n) is 2.99. The van der Waals surface area contributed by atoms with Crippen LogP contribution in [0.1, 0.15) is 18.4 Å². The minimum Gasteiger partial charge on any atom is -0.381 e. The molecular formula is C14H15BrN2O. The Bertz CT molecular complexity index is 503. The van der Waals surface area contributed by atoms with E-state index in [2.05, 4.69) is 26.9 Å². The van der Waals surface area contributed by atoms with Crippen LogP contribution in [0.25, 0.3) is 0 Å². The maximum atomic E-state index is 9.24. The average molecular weight is 307 g/mol. The van der Waals surface area contributed by atoms with Gasteiger partial charge in [-0.3, -0.25) is 0 Å². The Morgan fingerprint density at radius 2 is 2.28 bits per heavy atom. The van der Waals surface area contributed by atoms with E-state index in [-0.39, 0.29) is 0 Å². The summed E-state index contributed by atoms with van der Waals surface area (Å²) in [4.78, 5) is 2.33. The summed E-state index contributed by atoms with van der Waals surface area (Å²) >= 11 is 3.42. The Morgan fingerprint density at radius 1 is 1.39 bits per heavy atom. The molecule has 4 heteroatoms. The van der Waals surface area contributed by atoms with Crippen LogP contribution >= 0.6 is 15.9 Å². The fraction of sp³-hybridized carbons (Fsp3) is 0.500. The average Bonchev–Trinajstić information content (AvgIpc) is 3.00. The van der Waals surface area contributed by atoms with Crippen LogP contribution < -0.4 is 4.90 Å². The summed E-state index contributed by atoms with van der Waals surface area (Å²) in [6.45, 7) is 3.81. The van der Waals surface area contributed by atoms with Gasteiger partial charge in [-0.15, -0.1) is 0 Å². The van der Waals surface area contributed by atoms with Crippen molar-refractivity contribution < 1.29 is 4.74 Å². The Hall–Kier alpha value is -1.05. The third kappa shape index (κ3) is 2.02. The van der Waals surface area contributed by atoms with Crippen molar-refractivity contribution >= 4 is 21.6 Å². The highest BCUT2D eigenvalue weighted by atomic mass is 79.9. The van der Waals surface area contributed by atoms with Crippen LogP contribution in [0.2, 0.25) is 0 Å². The van der Waals surface area contributed by atoms with Gasteiger partial charge in [0.15, 0.2) is 0 Å². The van der Waals surface area contributed by atoms with E-state index < -0.39 is 0 Å². The second-order valence-corrected chi connectivity index (χ2v) is 6.16. The lowest BCUT2D eigenvalue weighted by atomic mass is 9.87. The summed E-state index contributed by atoms with van der Waals surface area (Å²) < 4.78 is 6.50. The van der Waals surface area contributed by atoms with E-state index in [9.17, 15) is 5.26 Å². The number of benzene rings is 1. The van der Waals surface area contributed by atoms with Crippen molar-refractivity contribution in [2.75, 3.05) is 31.2 Å². The van der Waals surface area contributed by atoms with Gasteiger partial charge >= 0.3 is 0 Å². The number of halogens is 1. The normalized spacial score (nSPS) is 26.8. The number of rotatable bonds is 1. The largest absolute Gasteiger partial charge is 0.381 e. The quantitative estimate of drug-likeness (QED) is 0.800. The van der Waals surface area contributed by atoms with Crippen molar-refractivity contribution in [1.82, 2.24) is 0 Å². The van der Waals surface area contributed by atoms with Gasteiger partial charge in [0.2, 0.25) is 0 Å². The number of ether oxygens (including phenoxy) is 1. The van der Waals surface area contributed by atoms with E-state index in [4.69, 9.17) is 4.74 Å². The SMILES string of the molecule is N#Cc1cc(Br)ccc1N1CC[C@]2(CCOC2)C1. The van der Waals surface area contributed by atoms with Gasteiger partial charge < -0.3 is 9.64 Å². The summed E-state index contributed by atoms with van der Waals surface area (Å²) in [5, 5.41) is 9.24. The van der Waals surface area contributed by atoms with E-state index in [1.165, 1.54) is 6.42 Å². The van der Waals surface area contributed by atoms with Crippen LogP contribution in [-0.4, -0.2) is 26.3 Å². The minimum atomic E-state index is 0.333. The molecule has 0 radical (unpaired) electrons. The van der Waals surface area contributed by atoms with Crippen LogP contribution in [0.3, 0.4) is 0 Å². The standard InChI is InChI=1S/C14H15BrN2O/c15-12-1-2-13(11(7-12)8-16)17-5-3-14(9-17)4-6-18-10-14/h1-2,7H,3-6,9-10H2/t14-/m0/s1. The molecule has 3 rings (SSSR count). The van der Waals surface area contributed by atoms with E-state index in [1.807, 2.05) is 18.2 Å². The van der Waals surface area contributed by atoms with Crippen LogP contribution in [0, 0.1) is 16.7 Å². The molecule has 1 aromatic carbocycles. The smallest absolute Gasteiger partial charge is 0.101 e. The van der Waals surface area contributed by atoms with E-state index >= 15 is 0 Å². The highest BCUT2D eigenvalue weighted by molar-refractivity contribution is 9.10. The van der Waals surface area contributed by atoms with Crippen LogP contribution in [0.5, 0.6) is 0 Å². The molecule has 18 heavy (non-hydrogen) atoms. The summed E-state index contributed by atoms with van der Waals surface area (Å²) in [6, 6.07) is 8.23. The first-order chi connectivity index (χ1) is 8.72. The molecule has 0 saturated carbocycles. The van der Waals surface area contributed by atoms with Gasteiger partial charge in [0.05, 0.1) is 17.9 Å². The molecule has 0 aromatic heterocycles.